The number of thioether (sulfide) groups is 1. The number of rotatable bonds is 7. The van der Waals surface area contributed by atoms with E-state index in [1.165, 1.54) is 47.1 Å². The third-order valence-electron chi connectivity index (χ3n) is 4.91. The van der Waals surface area contributed by atoms with Gasteiger partial charge in [0.2, 0.25) is 5.13 Å². The summed E-state index contributed by atoms with van der Waals surface area (Å²) in [6.07, 6.45) is 7.24. The van der Waals surface area contributed by atoms with E-state index in [1.54, 1.807) is 0 Å². The van der Waals surface area contributed by atoms with E-state index in [4.69, 9.17) is 4.74 Å². The Kier molecular flexibility index (Phi) is 5.87. The normalized spacial score (nSPS) is 19.3. The molecule has 1 aliphatic heterocycles. The minimum atomic E-state index is 0.160. The molecule has 0 radical (unpaired) electrons. The van der Waals surface area contributed by atoms with E-state index in [2.05, 4.69) is 27.6 Å². The predicted octanol–water partition coefficient (Wildman–Crippen LogP) is 3.98. The number of hydrogen-bond acceptors (Lipinski definition) is 7. The number of fused-ring (bicyclic) bond motifs is 1. The van der Waals surface area contributed by atoms with Crippen LogP contribution in [-0.4, -0.2) is 41.0 Å². The van der Waals surface area contributed by atoms with Crippen molar-refractivity contribution < 1.29 is 9.53 Å². The van der Waals surface area contributed by atoms with Crippen molar-refractivity contribution in [2.75, 3.05) is 24.2 Å². The standard InChI is InChI=1S/C19H23N3O2S2/c23-17(15-8-7-13-4-1-2-5-14(13)10-15)12-25-19-22-21-18(26-19)20-11-16-6-3-9-24-16/h7-8,10,16H,1-6,9,11-12H2,(H,20,21)/t16-/m1/s1. The number of nitrogens with zero attached hydrogens (tertiary/aromatic N) is 2. The third kappa shape index (κ3) is 4.45. The van der Waals surface area contributed by atoms with Crippen LogP contribution >= 0.6 is 23.1 Å². The summed E-state index contributed by atoms with van der Waals surface area (Å²) in [4.78, 5) is 12.5. The molecule has 1 fully saturated rings. The van der Waals surface area contributed by atoms with Crippen molar-refractivity contribution in [2.45, 2.75) is 49.0 Å². The van der Waals surface area contributed by atoms with Crippen LogP contribution in [0.3, 0.4) is 0 Å². The van der Waals surface area contributed by atoms with Crippen LogP contribution < -0.4 is 5.32 Å². The monoisotopic (exact) mass is 389 g/mol. The summed E-state index contributed by atoms with van der Waals surface area (Å²) in [6, 6.07) is 6.19. The third-order valence-corrected chi connectivity index (χ3v) is 6.92. The van der Waals surface area contributed by atoms with E-state index in [1.807, 2.05) is 6.07 Å². The molecule has 138 valence electrons. The van der Waals surface area contributed by atoms with Crippen LogP contribution in [-0.2, 0) is 17.6 Å². The summed E-state index contributed by atoms with van der Waals surface area (Å²) in [5.74, 6) is 0.562. The fraction of sp³-hybridized carbons (Fsp3) is 0.526. The average Bonchev–Trinajstić information content (AvgIpc) is 3.36. The van der Waals surface area contributed by atoms with Gasteiger partial charge in [0, 0.05) is 18.7 Å². The highest BCUT2D eigenvalue weighted by atomic mass is 32.2. The lowest BCUT2D eigenvalue weighted by molar-refractivity contribution is 0.102. The first-order valence-corrected chi connectivity index (χ1v) is 11.0. The molecular weight excluding hydrogens is 366 g/mol. The van der Waals surface area contributed by atoms with Gasteiger partial charge in [-0.25, -0.2) is 0 Å². The Balaban J connectivity index is 1.29. The molecule has 26 heavy (non-hydrogen) atoms. The first-order chi connectivity index (χ1) is 12.8. The molecule has 1 aromatic heterocycles. The number of ether oxygens (including phenoxy) is 1. The molecule has 0 bridgehead atoms. The number of carbonyl (C=O) groups excluding carboxylic acids is 1. The van der Waals surface area contributed by atoms with Gasteiger partial charge < -0.3 is 10.1 Å². The molecule has 5 nitrogen and oxygen atoms in total. The number of carbonyl (C=O) groups is 1. The molecule has 2 heterocycles. The van der Waals surface area contributed by atoms with Crippen LogP contribution in [0.25, 0.3) is 0 Å². The molecule has 2 aromatic rings. The zero-order chi connectivity index (χ0) is 17.8. The highest BCUT2D eigenvalue weighted by molar-refractivity contribution is 8.01. The lowest BCUT2D eigenvalue weighted by Gasteiger charge is -2.16. The molecule has 1 N–H and O–H groups in total. The number of ketones is 1. The van der Waals surface area contributed by atoms with Crippen molar-refractivity contribution in [2.24, 2.45) is 0 Å². The zero-order valence-corrected chi connectivity index (χ0v) is 16.3. The number of aromatic nitrogens is 2. The van der Waals surface area contributed by atoms with Crippen LogP contribution in [0, 0.1) is 0 Å². The van der Waals surface area contributed by atoms with Gasteiger partial charge in [-0.3, -0.25) is 4.79 Å². The van der Waals surface area contributed by atoms with Crippen LogP contribution in [0.2, 0.25) is 0 Å². The lowest BCUT2D eigenvalue weighted by atomic mass is 9.90. The summed E-state index contributed by atoms with van der Waals surface area (Å²) < 4.78 is 6.42. The SMILES string of the molecule is O=C(CSc1nnc(NC[C@H]2CCCO2)s1)c1ccc2c(c1)CCCC2. The highest BCUT2D eigenvalue weighted by Gasteiger charge is 2.17. The molecule has 1 aromatic carbocycles. The van der Waals surface area contributed by atoms with Gasteiger partial charge in [-0.15, -0.1) is 10.2 Å². The first kappa shape index (κ1) is 17.9. The molecule has 7 heteroatoms. The molecule has 1 saturated heterocycles. The topological polar surface area (TPSA) is 64.1 Å². The Hall–Kier alpha value is -1.44. The van der Waals surface area contributed by atoms with Gasteiger partial charge in [-0.05, 0) is 55.7 Å². The van der Waals surface area contributed by atoms with Crippen molar-refractivity contribution in [3.8, 4) is 0 Å². The number of nitrogens with one attached hydrogen (secondary N) is 1. The number of hydrogen-bond donors (Lipinski definition) is 1. The first-order valence-electron chi connectivity index (χ1n) is 9.25. The van der Waals surface area contributed by atoms with E-state index >= 15 is 0 Å². The van der Waals surface area contributed by atoms with Crippen molar-refractivity contribution in [1.29, 1.82) is 0 Å². The average molecular weight is 390 g/mol. The smallest absolute Gasteiger partial charge is 0.206 e. The van der Waals surface area contributed by atoms with Crippen molar-refractivity contribution in [3.05, 3.63) is 34.9 Å². The minimum absolute atomic E-state index is 0.160. The fourth-order valence-electron chi connectivity index (χ4n) is 3.46. The number of Topliss-reactive ketones (excluding diaryl/α,β-unsaturated/α-hetero) is 1. The largest absolute Gasteiger partial charge is 0.376 e. The molecule has 2 aliphatic rings. The van der Waals surface area contributed by atoms with Gasteiger partial charge in [-0.1, -0.05) is 35.2 Å². The summed E-state index contributed by atoms with van der Waals surface area (Å²) >= 11 is 2.96. The molecule has 1 aliphatic carbocycles. The maximum absolute atomic E-state index is 12.5. The van der Waals surface area contributed by atoms with E-state index in [0.29, 0.717) is 5.75 Å². The van der Waals surface area contributed by atoms with Gasteiger partial charge in [-0.2, -0.15) is 0 Å². The number of benzene rings is 1. The van der Waals surface area contributed by atoms with Gasteiger partial charge >= 0.3 is 0 Å². The maximum atomic E-state index is 12.5. The zero-order valence-electron chi connectivity index (χ0n) is 14.7. The number of aryl methyl sites for hydroxylation is 2. The Labute approximate surface area is 161 Å². The Morgan fingerprint density at radius 2 is 2.12 bits per heavy atom. The van der Waals surface area contributed by atoms with Gasteiger partial charge in [0.25, 0.3) is 0 Å². The molecule has 4 rings (SSSR count). The minimum Gasteiger partial charge on any atom is -0.376 e. The Bertz CT molecular complexity index is 772. The lowest BCUT2D eigenvalue weighted by Crippen LogP contribution is -2.18. The van der Waals surface area contributed by atoms with E-state index in [0.717, 1.165) is 53.9 Å². The predicted molar refractivity (Wildman–Crippen MR) is 106 cm³/mol. The van der Waals surface area contributed by atoms with Crippen LogP contribution in [0.5, 0.6) is 0 Å². The van der Waals surface area contributed by atoms with E-state index < -0.39 is 0 Å². The van der Waals surface area contributed by atoms with Crippen molar-refractivity contribution in [3.63, 3.8) is 0 Å². The summed E-state index contributed by atoms with van der Waals surface area (Å²) in [5, 5.41) is 12.4. The second kappa shape index (κ2) is 8.50. The van der Waals surface area contributed by atoms with E-state index in [-0.39, 0.29) is 11.9 Å². The second-order valence-electron chi connectivity index (χ2n) is 6.79. The van der Waals surface area contributed by atoms with Crippen molar-refractivity contribution >= 4 is 34.0 Å². The second-order valence-corrected chi connectivity index (χ2v) is 8.99. The molecule has 0 saturated carbocycles. The summed E-state index contributed by atoms with van der Waals surface area (Å²) in [7, 11) is 0. The van der Waals surface area contributed by atoms with E-state index in [9.17, 15) is 4.79 Å². The highest BCUT2D eigenvalue weighted by Crippen LogP contribution is 2.27. The van der Waals surface area contributed by atoms with Crippen molar-refractivity contribution in [1.82, 2.24) is 10.2 Å². The fourth-order valence-corrected chi connectivity index (χ4v) is 5.12. The van der Waals surface area contributed by atoms with Gasteiger partial charge in [0.1, 0.15) is 0 Å². The quantitative estimate of drug-likeness (QED) is 0.571. The van der Waals surface area contributed by atoms with Crippen LogP contribution in [0.4, 0.5) is 5.13 Å². The molecule has 0 spiro atoms. The molecule has 0 unspecified atom stereocenters. The Morgan fingerprint density at radius 1 is 1.23 bits per heavy atom. The van der Waals surface area contributed by atoms with Crippen LogP contribution in [0.15, 0.2) is 22.5 Å². The van der Waals surface area contributed by atoms with Gasteiger partial charge in [0.05, 0.1) is 11.9 Å². The summed E-state index contributed by atoms with van der Waals surface area (Å²) in [5.41, 5.74) is 3.58. The maximum Gasteiger partial charge on any atom is 0.206 e. The van der Waals surface area contributed by atoms with Gasteiger partial charge in [0.15, 0.2) is 10.1 Å². The molecule has 0 amide bonds. The molecular formula is C19H23N3O2S2. The molecule has 1 atom stereocenters. The number of anilines is 1. The Morgan fingerprint density at radius 3 is 2.96 bits per heavy atom. The van der Waals surface area contributed by atoms with Crippen LogP contribution in [0.1, 0.15) is 47.2 Å². The summed E-state index contributed by atoms with van der Waals surface area (Å²) in [6.45, 7) is 1.63.